The summed E-state index contributed by atoms with van der Waals surface area (Å²) < 4.78 is 5.17. The molecule has 0 spiro atoms. The molecule has 2 bridgehead atoms. The van der Waals surface area contributed by atoms with Crippen LogP contribution in [0.2, 0.25) is 0 Å². The fourth-order valence-electron chi connectivity index (χ4n) is 4.40. The van der Waals surface area contributed by atoms with Gasteiger partial charge < -0.3 is 14.9 Å². The van der Waals surface area contributed by atoms with Gasteiger partial charge in [0.1, 0.15) is 5.76 Å². The highest BCUT2D eigenvalue weighted by atomic mass is 16.5. The van der Waals surface area contributed by atoms with E-state index in [1.165, 1.54) is 12.8 Å². The third-order valence-corrected chi connectivity index (χ3v) is 5.75. The van der Waals surface area contributed by atoms with Crippen molar-refractivity contribution in [2.45, 2.75) is 52.5 Å². The van der Waals surface area contributed by atoms with Gasteiger partial charge in [-0.05, 0) is 51.4 Å². The molecule has 0 aliphatic heterocycles. The molecule has 3 rings (SSSR count). The van der Waals surface area contributed by atoms with E-state index < -0.39 is 0 Å². The van der Waals surface area contributed by atoms with Crippen molar-refractivity contribution in [2.75, 3.05) is 6.61 Å². The largest absolute Gasteiger partial charge is 0.396 e. The number of amides is 1. The number of carbonyl (C=O) groups excluding carboxylic acids is 1. The molecule has 2 aliphatic carbocycles. The van der Waals surface area contributed by atoms with Crippen LogP contribution in [-0.4, -0.2) is 28.8 Å². The molecule has 5 atom stereocenters. The van der Waals surface area contributed by atoms with Crippen LogP contribution in [0.25, 0.3) is 0 Å². The first kappa shape index (κ1) is 15.5. The smallest absolute Gasteiger partial charge is 0.223 e. The summed E-state index contributed by atoms with van der Waals surface area (Å²) in [6.07, 6.45) is 4.20. The minimum atomic E-state index is -0.115. The Bertz CT molecular complexity index is 535. The van der Waals surface area contributed by atoms with E-state index in [1.807, 2.05) is 20.8 Å². The van der Waals surface area contributed by atoms with E-state index in [4.69, 9.17) is 4.52 Å². The van der Waals surface area contributed by atoms with Gasteiger partial charge in [0.2, 0.25) is 5.91 Å². The summed E-state index contributed by atoms with van der Waals surface area (Å²) in [7, 11) is 0. The molecule has 122 valence electrons. The molecule has 0 aromatic carbocycles. The fraction of sp³-hybridized carbons (Fsp3) is 0.765. The molecule has 5 unspecified atom stereocenters. The highest BCUT2D eigenvalue weighted by Gasteiger charge is 2.47. The lowest BCUT2D eigenvalue weighted by atomic mass is 9.84. The molecule has 2 N–H and O–H groups in total. The molecule has 0 radical (unpaired) electrons. The van der Waals surface area contributed by atoms with Crippen molar-refractivity contribution in [3.05, 3.63) is 17.0 Å². The van der Waals surface area contributed by atoms with Gasteiger partial charge in [0.05, 0.1) is 5.69 Å². The summed E-state index contributed by atoms with van der Waals surface area (Å²) >= 11 is 0. The second-order valence-electron chi connectivity index (χ2n) is 7.12. The van der Waals surface area contributed by atoms with Gasteiger partial charge in [-0.3, -0.25) is 4.79 Å². The molecule has 1 aromatic rings. The highest BCUT2D eigenvalue weighted by Crippen LogP contribution is 2.48. The number of hydrogen-bond acceptors (Lipinski definition) is 4. The Balaban J connectivity index is 1.62. The highest BCUT2D eigenvalue weighted by molar-refractivity contribution is 5.79. The zero-order valence-corrected chi connectivity index (χ0v) is 13.6. The molecule has 1 amide bonds. The number of nitrogens with zero attached hydrogens (tertiary/aromatic N) is 1. The van der Waals surface area contributed by atoms with Crippen molar-refractivity contribution < 1.29 is 14.4 Å². The number of carbonyl (C=O) groups is 1. The number of aromatic nitrogens is 1. The van der Waals surface area contributed by atoms with Crippen molar-refractivity contribution in [3.63, 3.8) is 0 Å². The predicted octanol–water partition coefficient (Wildman–Crippen LogP) is 1.99. The van der Waals surface area contributed by atoms with Gasteiger partial charge in [-0.2, -0.15) is 0 Å². The maximum atomic E-state index is 12.5. The Kier molecular flexibility index (Phi) is 4.26. The summed E-state index contributed by atoms with van der Waals surface area (Å²) in [5, 5.41) is 16.8. The van der Waals surface area contributed by atoms with Gasteiger partial charge in [0.25, 0.3) is 0 Å². The summed E-state index contributed by atoms with van der Waals surface area (Å²) in [5.41, 5.74) is 1.90. The van der Waals surface area contributed by atoms with Crippen LogP contribution < -0.4 is 5.32 Å². The van der Waals surface area contributed by atoms with Crippen molar-refractivity contribution in [1.29, 1.82) is 0 Å². The predicted molar refractivity (Wildman–Crippen MR) is 82.2 cm³/mol. The average molecular weight is 306 g/mol. The van der Waals surface area contributed by atoms with E-state index >= 15 is 0 Å². The third kappa shape index (κ3) is 2.67. The van der Waals surface area contributed by atoms with E-state index in [0.29, 0.717) is 18.3 Å². The maximum absolute atomic E-state index is 12.5. The van der Waals surface area contributed by atoms with Crippen LogP contribution in [0.15, 0.2) is 4.52 Å². The molecule has 22 heavy (non-hydrogen) atoms. The molecule has 5 nitrogen and oxygen atoms in total. The Morgan fingerprint density at radius 2 is 2.14 bits per heavy atom. The van der Waals surface area contributed by atoms with Crippen LogP contribution in [0.5, 0.6) is 0 Å². The van der Waals surface area contributed by atoms with Crippen LogP contribution >= 0.6 is 0 Å². The van der Waals surface area contributed by atoms with Crippen molar-refractivity contribution in [2.24, 2.45) is 23.7 Å². The molecule has 1 heterocycles. The van der Waals surface area contributed by atoms with Crippen molar-refractivity contribution >= 4 is 5.91 Å². The van der Waals surface area contributed by atoms with E-state index in [9.17, 15) is 9.90 Å². The minimum Gasteiger partial charge on any atom is -0.396 e. The molecule has 2 aliphatic rings. The molecule has 2 saturated carbocycles. The minimum absolute atomic E-state index is 0.0796. The maximum Gasteiger partial charge on any atom is 0.223 e. The molecule has 5 heteroatoms. The SMILES string of the molecule is Cc1noc(C)c1CC(C)C(=O)NC1C2CCC(C2)C1CO. The molecule has 2 fully saturated rings. The Morgan fingerprint density at radius 1 is 1.41 bits per heavy atom. The Labute approximate surface area is 131 Å². The zero-order chi connectivity index (χ0) is 15.9. The second-order valence-corrected chi connectivity index (χ2v) is 7.12. The second kappa shape index (κ2) is 6.03. The van der Waals surface area contributed by atoms with Gasteiger partial charge in [0, 0.05) is 30.0 Å². The summed E-state index contributed by atoms with van der Waals surface area (Å²) in [6.45, 7) is 5.93. The number of fused-ring (bicyclic) bond motifs is 2. The van der Waals surface area contributed by atoms with Crippen LogP contribution in [0.4, 0.5) is 0 Å². The summed E-state index contributed by atoms with van der Waals surface area (Å²) in [6, 6.07) is 0.156. The Morgan fingerprint density at radius 3 is 2.77 bits per heavy atom. The lowest BCUT2D eigenvalue weighted by Gasteiger charge is -2.31. The molecular formula is C17H26N2O3. The molecule has 1 aromatic heterocycles. The first-order chi connectivity index (χ1) is 10.5. The third-order valence-electron chi connectivity index (χ3n) is 5.75. The van der Waals surface area contributed by atoms with E-state index in [1.54, 1.807) is 0 Å². The number of aliphatic hydroxyl groups excluding tert-OH is 1. The van der Waals surface area contributed by atoms with Gasteiger partial charge in [-0.15, -0.1) is 0 Å². The van der Waals surface area contributed by atoms with E-state index in [2.05, 4.69) is 10.5 Å². The number of hydrogen-bond donors (Lipinski definition) is 2. The topological polar surface area (TPSA) is 75.4 Å². The van der Waals surface area contributed by atoms with E-state index in [0.717, 1.165) is 23.4 Å². The number of aliphatic hydroxyl groups is 1. The molecule has 0 saturated heterocycles. The Hall–Kier alpha value is -1.36. The van der Waals surface area contributed by atoms with Gasteiger partial charge in [-0.25, -0.2) is 0 Å². The molecular weight excluding hydrogens is 280 g/mol. The van der Waals surface area contributed by atoms with Gasteiger partial charge >= 0.3 is 0 Å². The lowest BCUT2D eigenvalue weighted by Crippen LogP contribution is -2.47. The lowest BCUT2D eigenvalue weighted by molar-refractivity contribution is -0.126. The standard InChI is InChI=1S/C17H26N2O3/c1-9(6-14-10(2)19-22-11(14)3)17(21)18-16-13-5-4-12(7-13)15(16)8-20/h9,12-13,15-16,20H,4-8H2,1-3H3,(H,18,21). The summed E-state index contributed by atoms with van der Waals surface area (Å²) in [4.78, 5) is 12.5. The van der Waals surface area contributed by atoms with Gasteiger partial charge in [0.15, 0.2) is 0 Å². The number of rotatable bonds is 5. The fourth-order valence-corrected chi connectivity index (χ4v) is 4.40. The van der Waals surface area contributed by atoms with E-state index in [-0.39, 0.29) is 30.4 Å². The van der Waals surface area contributed by atoms with Gasteiger partial charge in [-0.1, -0.05) is 12.1 Å². The summed E-state index contributed by atoms with van der Waals surface area (Å²) in [5.74, 6) is 2.15. The van der Waals surface area contributed by atoms with Crippen LogP contribution in [0.3, 0.4) is 0 Å². The normalized spacial score (nSPS) is 31.5. The van der Waals surface area contributed by atoms with Crippen molar-refractivity contribution in [1.82, 2.24) is 10.5 Å². The average Bonchev–Trinajstić information content (AvgIpc) is 3.17. The zero-order valence-electron chi connectivity index (χ0n) is 13.6. The first-order valence-corrected chi connectivity index (χ1v) is 8.34. The van der Waals surface area contributed by atoms with Crippen LogP contribution in [0.1, 0.15) is 43.2 Å². The number of nitrogens with one attached hydrogen (secondary N) is 1. The number of aryl methyl sites for hydroxylation is 2. The first-order valence-electron chi connectivity index (χ1n) is 8.34. The van der Waals surface area contributed by atoms with Crippen LogP contribution in [0, 0.1) is 37.5 Å². The van der Waals surface area contributed by atoms with Crippen molar-refractivity contribution in [3.8, 4) is 0 Å². The monoisotopic (exact) mass is 306 g/mol. The quantitative estimate of drug-likeness (QED) is 0.872. The van der Waals surface area contributed by atoms with Crippen LogP contribution in [-0.2, 0) is 11.2 Å².